The molecule has 0 aliphatic carbocycles. The van der Waals surface area contributed by atoms with E-state index in [2.05, 4.69) is 35.7 Å². The molecule has 0 aromatic heterocycles. The van der Waals surface area contributed by atoms with Gasteiger partial charge < -0.3 is 19.3 Å². The van der Waals surface area contributed by atoms with E-state index in [0.717, 1.165) is 22.8 Å². The molecule has 2 aromatic carbocycles. The van der Waals surface area contributed by atoms with Gasteiger partial charge in [-0.15, -0.1) is 0 Å². The quantitative estimate of drug-likeness (QED) is 0.410. The number of anilines is 1. The minimum Gasteiger partial charge on any atom is -0.452 e. The Morgan fingerprint density at radius 3 is 2.66 bits per heavy atom. The first-order valence-electron chi connectivity index (χ1n) is 10.8. The minimum atomic E-state index is -0.542. The molecule has 0 spiro atoms. The summed E-state index contributed by atoms with van der Waals surface area (Å²) in [7, 11) is 2.03. The number of fused-ring (bicyclic) bond motifs is 1. The molecule has 1 fully saturated rings. The molecule has 0 N–H and O–H groups in total. The van der Waals surface area contributed by atoms with Gasteiger partial charge in [0.05, 0.1) is 6.04 Å². The molecule has 32 heavy (non-hydrogen) atoms. The summed E-state index contributed by atoms with van der Waals surface area (Å²) in [4.78, 5) is 29.0. The lowest BCUT2D eigenvalue weighted by Gasteiger charge is -2.29. The van der Waals surface area contributed by atoms with Gasteiger partial charge >= 0.3 is 11.4 Å². The molecule has 1 saturated heterocycles. The van der Waals surface area contributed by atoms with Crippen LogP contribution in [0.4, 0.5) is 15.3 Å². The predicted molar refractivity (Wildman–Crippen MR) is 131 cm³/mol. The van der Waals surface area contributed by atoms with Crippen LogP contribution in [0.15, 0.2) is 55.1 Å². The van der Waals surface area contributed by atoms with Crippen molar-refractivity contribution in [2.75, 3.05) is 31.6 Å². The van der Waals surface area contributed by atoms with Crippen LogP contribution in [0.5, 0.6) is 0 Å². The summed E-state index contributed by atoms with van der Waals surface area (Å²) in [5.74, 6) is 0. The Balaban J connectivity index is 1.75. The van der Waals surface area contributed by atoms with E-state index in [-0.39, 0.29) is 29.3 Å². The summed E-state index contributed by atoms with van der Waals surface area (Å²) >= 11 is 1.16. The average Bonchev–Trinajstić information content (AvgIpc) is 3.11. The van der Waals surface area contributed by atoms with Crippen molar-refractivity contribution in [2.45, 2.75) is 44.1 Å². The number of likely N-dealkylation sites (N-methyl/N-ethyl adjacent to an activating group) is 1. The fourth-order valence-corrected chi connectivity index (χ4v) is 5.06. The second-order valence-corrected chi connectivity index (χ2v) is 10.2. The first kappa shape index (κ1) is 24.0. The molecule has 7 heteroatoms. The SMILES string of the molecule is C=CCOC(=O)N1C[C@@H](SC(=O)OC(C)(C)C)C[C@H]1CN(C)c1cccc2ccccc12. The van der Waals surface area contributed by atoms with Gasteiger partial charge in [-0.25, -0.2) is 9.59 Å². The third-order valence-corrected chi connectivity index (χ3v) is 6.20. The van der Waals surface area contributed by atoms with Gasteiger partial charge in [0.2, 0.25) is 0 Å². The molecule has 0 saturated carbocycles. The summed E-state index contributed by atoms with van der Waals surface area (Å²) in [5, 5.41) is 1.97. The second-order valence-electron chi connectivity index (χ2n) is 8.99. The van der Waals surface area contributed by atoms with Crippen molar-refractivity contribution in [3.05, 3.63) is 55.1 Å². The molecule has 1 aliphatic rings. The molecule has 1 amide bonds. The molecule has 0 radical (unpaired) electrons. The van der Waals surface area contributed by atoms with E-state index in [1.54, 1.807) is 11.0 Å². The Morgan fingerprint density at radius 1 is 1.22 bits per heavy atom. The first-order valence-corrected chi connectivity index (χ1v) is 11.7. The highest BCUT2D eigenvalue weighted by Crippen LogP contribution is 2.33. The zero-order chi connectivity index (χ0) is 23.3. The van der Waals surface area contributed by atoms with Gasteiger partial charge in [0, 0.05) is 36.5 Å². The number of rotatable bonds is 6. The smallest absolute Gasteiger partial charge is 0.410 e. The number of likely N-dealkylation sites (tertiary alicyclic amines) is 1. The molecule has 172 valence electrons. The number of nitrogens with zero attached hydrogens (tertiary/aromatic N) is 2. The van der Waals surface area contributed by atoms with Crippen LogP contribution in [0, 0.1) is 0 Å². The van der Waals surface area contributed by atoms with E-state index in [1.165, 1.54) is 5.39 Å². The third kappa shape index (κ3) is 6.19. The highest BCUT2D eigenvalue weighted by Gasteiger charge is 2.39. The van der Waals surface area contributed by atoms with Gasteiger partial charge in [0.15, 0.2) is 0 Å². The van der Waals surface area contributed by atoms with Gasteiger partial charge in [-0.3, -0.25) is 0 Å². The van der Waals surface area contributed by atoms with Crippen LogP contribution < -0.4 is 4.90 Å². The zero-order valence-electron chi connectivity index (χ0n) is 19.2. The maximum Gasteiger partial charge on any atom is 0.410 e. The van der Waals surface area contributed by atoms with E-state index >= 15 is 0 Å². The van der Waals surface area contributed by atoms with Crippen LogP contribution in [0.1, 0.15) is 27.2 Å². The topological polar surface area (TPSA) is 59.1 Å². The van der Waals surface area contributed by atoms with Gasteiger partial charge in [-0.2, -0.15) is 0 Å². The van der Waals surface area contributed by atoms with Crippen molar-refractivity contribution in [1.82, 2.24) is 4.90 Å². The molecule has 1 aliphatic heterocycles. The van der Waals surface area contributed by atoms with Crippen LogP contribution >= 0.6 is 11.8 Å². The largest absolute Gasteiger partial charge is 0.452 e. The number of amides is 1. The summed E-state index contributed by atoms with van der Waals surface area (Å²) in [5.41, 5.74) is 0.560. The van der Waals surface area contributed by atoms with Gasteiger partial charge in [0.25, 0.3) is 0 Å². The Labute approximate surface area is 194 Å². The van der Waals surface area contributed by atoms with E-state index in [1.807, 2.05) is 46.0 Å². The minimum absolute atomic E-state index is 0.0490. The Bertz CT molecular complexity index is 967. The number of hydrogen-bond acceptors (Lipinski definition) is 6. The zero-order valence-corrected chi connectivity index (χ0v) is 20.1. The van der Waals surface area contributed by atoms with Crippen LogP contribution in [0.2, 0.25) is 0 Å². The lowest BCUT2D eigenvalue weighted by molar-refractivity contribution is 0.0736. The Kier molecular flexibility index (Phi) is 7.72. The first-order chi connectivity index (χ1) is 15.2. The molecule has 1 heterocycles. The maximum atomic E-state index is 12.7. The standard InChI is InChI=1S/C25H32N2O4S/c1-6-14-30-23(28)27-17-20(32-24(29)31-25(2,3)4)15-19(27)16-26(5)22-13-9-11-18-10-7-8-12-21(18)22/h6-13,19-20H,1,14-17H2,2-5H3/t19-,20-/m0/s1. The molecule has 0 bridgehead atoms. The number of hydrogen-bond donors (Lipinski definition) is 0. The van der Waals surface area contributed by atoms with Crippen molar-refractivity contribution in [2.24, 2.45) is 0 Å². The fourth-order valence-electron chi connectivity index (χ4n) is 3.93. The molecule has 6 nitrogen and oxygen atoms in total. The van der Waals surface area contributed by atoms with Crippen molar-refractivity contribution < 1.29 is 19.1 Å². The molecule has 3 rings (SSSR count). The fraction of sp³-hybridized carbons (Fsp3) is 0.440. The van der Waals surface area contributed by atoms with Crippen molar-refractivity contribution in [3.8, 4) is 0 Å². The van der Waals surface area contributed by atoms with E-state index in [9.17, 15) is 9.59 Å². The normalized spacial score (nSPS) is 18.4. The van der Waals surface area contributed by atoms with Crippen molar-refractivity contribution >= 4 is 39.6 Å². The highest BCUT2D eigenvalue weighted by atomic mass is 32.2. The van der Waals surface area contributed by atoms with E-state index < -0.39 is 5.60 Å². The van der Waals surface area contributed by atoms with Crippen LogP contribution in [-0.2, 0) is 9.47 Å². The highest BCUT2D eigenvalue weighted by molar-refractivity contribution is 8.13. The number of ether oxygens (including phenoxy) is 2. The molecule has 2 aromatic rings. The van der Waals surface area contributed by atoms with Crippen LogP contribution in [-0.4, -0.2) is 59.9 Å². The lowest BCUT2D eigenvalue weighted by atomic mass is 10.1. The second kappa shape index (κ2) is 10.3. The number of carbonyl (C=O) groups is 2. The van der Waals surface area contributed by atoms with Crippen LogP contribution in [0.25, 0.3) is 10.8 Å². The molecular formula is C25H32N2O4S. The summed E-state index contributed by atoms with van der Waals surface area (Å²) < 4.78 is 10.8. The van der Waals surface area contributed by atoms with Gasteiger partial charge in [-0.05, 0) is 50.4 Å². The number of thioether (sulfide) groups is 1. The summed E-state index contributed by atoms with van der Waals surface area (Å²) in [6.07, 6.45) is 1.86. The lowest BCUT2D eigenvalue weighted by Crippen LogP contribution is -2.42. The summed E-state index contributed by atoms with van der Waals surface area (Å²) in [6.45, 7) is 10.4. The molecule has 2 atom stereocenters. The Hall–Kier alpha value is -2.67. The van der Waals surface area contributed by atoms with E-state index in [0.29, 0.717) is 19.5 Å². The van der Waals surface area contributed by atoms with E-state index in [4.69, 9.17) is 9.47 Å². The number of carbonyl (C=O) groups excluding carboxylic acids is 2. The predicted octanol–water partition coefficient (Wildman–Crippen LogP) is 5.71. The van der Waals surface area contributed by atoms with Crippen molar-refractivity contribution in [3.63, 3.8) is 0 Å². The summed E-state index contributed by atoms with van der Waals surface area (Å²) in [6, 6.07) is 14.4. The Morgan fingerprint density at radius 2 is 1.94 bits per heavy atom. The number of benzene rings is 2. The molecular weight excluding hydrogens is 424 g/mol. The average molecular weight is 457 g/mol. The third-order valence-electron chi connectivity index (χ3n) is 5.25. The van der Waals surface area contributed by atoms with Crippen molar-refractivity contribution in [1.29, 1.82) is 0 Å². The van der Waals surface area contributed by atoms with Crippen LogP contribution in [0.3, 0.4) is 0 Å². The van der Waals surface area contributed by atoms with Gasteiger partial charge in [0.1, 0.15) is 12.2 Å². The monoisotopic (exact) mass is 456 g/mol. The maximum absolute atomic E-state index is 12.7. The van der Waals surface area contributed by atoms with Gasteiger partial charge in [-0.1, -0.05) is 49.1 Å². The molecule has 0 unspecified atom stereocenters.